The number of unbranched alkanes of at least 4 members (excludes halogenated alkanes) is 4. The molecule has 1 heterocycles. The number of alkyl halides is 1. The van der Waals surface area contributed by atoms with Crippen molar-refractivity contribution in [3.8, 4) is 0 Å². The largest absolute Gasteiger partial charge is 1.00 e. The summed E-state index contributed by atoms with van der Waals surface area (Å²) in [5, 5.41) is 4.17. The Balaban J connectivity index is 0.00000225. The van der Waals surface area contributed by atoms with Gasteiger partial charge in [-0.2, -0.15) is 0 Å². The number of hydrogen-bond donors (Lipinski definition) is 0. The third-order valence-electron chi connectivity index (χ3n) is 2.46. The fourth-order valence-electron chi connectivity index (χ4n) is 1.57. The van der Waals surface area contributed by atoms with Crippen molar-refractivity contribution in [2.75, 3.05) is 6.67 Å². The van der Waals surface area contributed by atoms with E-state index in [-0.39, 0.29) is 23.7 Å². The maximum atomic E-state index is 12.0. The molecule has 0 N–H and O–H groups in total. The standard InChI is InChI=1S/C11H21FN3.BrH/c1-2-3-4-5-6-8-15-11-14(9-7-12)10-13-15;/h10-11H,2-9H2,1H3;1H/q+1;/p-1. The minimum atomic E-state index is -0.327. The zero-order valence-electron chi connectivity index (χ0n) is 9.91. The van der Waals surface area contributed by atoms with Crippen LogP contribution in [0, 0.1) is 0 Å². The second-order valence-electron chi connectivity index (χ2n) is 3.85. The fourth-order valence-corrected chi connectivity index (χ4v) is 1.57. The summed E-state index contributed by atoms with van der Waals surface area (Å²) in [5.74, 6) is 0. The van der Waals surface area contributed by atoms with Crippen molar-refractivity contribution in [1.82, 2.24) is 9.78 Å². The summed E-state index contributed by atoms with van der Waals surface area (Å²) in [6.45, 7) is 3.25. The maximum Gasteiger partial charge on any atom is 0.265 e. The van der Waals surface area contributed by atoms with Gasteiger partial charge in [-0.3, -0.25) is 0 Å². The van der Waals surface area contributed by atoms with Crippen molar-refractivity contribution < 1.29 is 25.9 Å². The summed E-state index contributed by atoms with van der Waals surface area (Å²) in [4.78, 5) is 0. The SMILES string of the molecule is CCCCCCCn1c[n+](CCF)cn1.[Br-]. The van der Waals surface area contributed by atoms with E-state index in [0.717, 1.165) is 13.0 Å². The molecular formula is C11H21BrFN3. The molecule has 0 aliphatic heterocycles. The lowest BCUT2D eigenvalue weighted by atomic mass is 10.1. The van der Waals surface area contributed by atoms with Crippen molar-refractivity contribution in [1.29, 1.82) is 0 Å². The minimum Gasteiger partial charge on any atom is -1.00 e. The van der Waals surface area contributed by atoms with Gasteiger partial charge in [-0.1, -0.05) is 32.6 Å². The van der Waals surface area contributed by atoms with Crippen LogP contribution in [0.4, 0.5) is 4.39 Å². The van der Waals surface area contributed by atoms with Gasteiger partial charge in [-0.15, -0.1) is 4.68 Å². The second kappa shape index (κ2) is 9.75. The first kappa shape index (κ1) is 15.6. The molecule has 0 atom stereocenters. The molecule has 1 aromatic rings. The molecule has 1 aromatic heterocycles. The molecule has 1 rings (SSSR count). The van der Waals surface area contributed by atoms with Gasteiger partial charge in [0.05, 0.1) is 6.54 Å². The zero-order valence-corrected chi connectivity index (χ0v) is 11.5. The number of hydrogen-bond acceptors (Lipinski definition) is 1. The Morgan fingerprint density at radius 2 is 2.00 bits per heavy atom. The van der Waals surface area contributed by atoms with Crippen LogP contribution in [0.5, 0.6) is 0 Å². The van der Waals surface area contributed by atoms with E-state index >= 15 is 0 Å². The van der Waals surface area contributed by atoms with Crippen LogP contribution >= 0.6 is 0 Å². The van der Waals surface area contributed by atoms with Crippen molar-refractivity contribution in [2.24, 2.45) is 0 Å². The van der Waals surface area contributed by atoms with Crippen molar-refractivity contribution in [3.05, 3.63) is 12.7 Å². The molecule has 94 valence electrons. The molecule has 3 nitrogen and oxygen atoms in total. The molecule has 5 heteroatoms. The molecule has 16 heavy (non-hydrogen) atoms. The Hall–Kier alpha value is -0.450. The first-order chi connectivity index (χ1) is 7.36. The second-order valence-corrected chi connectivity index (χ2v) is 3.85. The van der Waals surface area contributed by atoms with E-state index in [1.807, 2.05) is 11.0 Å². The van der Waals surface area contributed by atoms with E-state index in [1.54, 1.807) is 10.9 Å². The Morgan fingerprint density at radius 1 is 1.25 bits per heavy atom. The van der Waals surface area contributed by atoms with Gasteiger partial charge in [0.15, 0.2) is 0 Å². The number of halogens is 2. The highest BCUT2D eigenvalue weighted by molar-refractivity contribution is 4.48. The van der Waals surface area contributed by atoms with Crippen LogP contribution in [-0.4, -0.2) is 16.5 Å². The lowest BCUT2D eigenvalue weighted by molar-refractivity contribution is -0.697. The van der Waals surface area contributed by atoms with Gasteiger partial charge in [-0.05, 0) is 6.42 Å². The lowest BCUT2D eigenvalue weighted by Crippen LogP contribution is -3.00. The first-order valence-electron chi connectivity index (χ1n) is 5.84. The lowest BCUT2D eigenvalue weighted by Gasteiger charge is -1.96. The van der Waals surface area contributed by atoms with Crippen LogP contribution < -0.4 is 21.5 Å². The van der Waals surface area contributed by atoms with E-state index in [4.69, 9.17) is 0 Å². The fraction of sp³-hybridized carbons (Fsp3) is 0.818. The summed E-state index contributed by atoms with van der Waals surface area (Å²) in [6.07, 6.45) is 9.89. The van der Waals surface area contributed by atoms with E-state index in [2.05, 4.69) is 12.0 Å². The van der Waals surface area contributed by atoms with Crippen LogP contribution in [0.15, 0.2) is 12.7 Å². The van der Waals surface area contributed by atoms with Gasteiger partial charge in [-0.25, -0.2) is 8.96 Å². The highest BCUT2D eigenvalue weighted by Gasteiger charge is 2.04. The van der Waals surface area contributed by atoms with Crippen molar-refractivity contribution in [2.45, 2.75) is 52.1 Å². The molecule has 0 radical (unpaired) electrons. The Kier molecular flexibility index (Phi) is 9.48. The van der Waals surface area contributed by atoms with Gasteiger partial charge in [0.25, 0.3) is 6.33 Å². The number of nitrogens with zero attached hydrogens (tertiary/aromatic N) is 3. The topological polar surface area (TPSA) is 21.7 Å². The van der Waals surface area contributed by atoms with E-state index in [0.29, 0.717) is 6.54 Å². The molecule has 0 aromatic carbocycles. The van der Waals surface area contributed by atoms with Gasteiger partial charge in [0, 0.05) is 5.10 Å². The molecule has 0 saturated heterocycles. The first-order valence-corrected chi connectivity index (χ1v) is 5.84. The molecule has 0 amide bonds. The Bertz CT molecular complexity index is 265. The summed E-state index contributed by atoms with van der Waals surface area (Å²) in [5.41, 5.74) is 0. The highest BCUT2D eigenvalue weighted by atomic mass is 79.9. The molecule has 0 fully saturated rings. The van der Waals surface area contributed by atoms with E-state index in [9.17, 15) is 4.39 Å². The predicted molar refractivity (Wildman–Crippen MR) is 57.2 cm³/mol. The molecule has 0 aliphatic rings. The normalized spacial score (nSPS) is 10.1. The summed E-state index contributed by atoms with van der Waals surface area (Å²) in [7, 11) is 0. The molecular weight excluding hydrogens is 273 g/mol. The predicted octanol–water partition coefficient (Wildman–Crippen LogP) is -0.885. The van der Waals surface area contributed by atoms with Crippen LogP contribution in [0.1, 0.15) is 39.0 Å². The summed E-state index contributed by atoms with van der Waals surface area (Å²) < 4.78 is 15.7. The maximum absolute atomic E-state index is 12.0. The van der Waals surface area contributed by atoms with Gasteiger partial charge >= 0.3 is 0 Å². The van der Waals surface area contributed by atoms with Crippen LogP contribution in [0.3, 0.4) is 0 Å². The van der Waals surface area contributed by atoms with Crippen LogP contribution in [0.25, 0.3) is 0 Å². The van der Waals surface area contributed by atoms with Crippen LogP contribution in [0.2, 0.25) is 0 Å². The molecule has 0 unspecified atom stereocenters. The monoisotopic (exact) mass is 293 g/mol. The molecule has 0 bridgehead atoms. The van der Waals surface area contributed by atoms with Crippen molar-refractivity contribution in [3.63, 3.8) is 0 Å². The molecule has 0 saturated carbocycles. The highest BCUT2D eigenvalue weighted by Crippen LogP contribution is 2.02. The summed E-state index contributed by atoms with van der Waals surface area (Å²) >= 11 is 0. The number of aromatic nitrogens is 3. The number of aryl methyl sites for hydroxylation is 2. The van der Waals surface area contributed by atoms with Crippen LogP contribution in [-0.2, 0) is 13.1 Å². The average molecular weight is 294 g/mol. The Morgan fingerprint density at radius 3 is 2.69 bits per heavy atom. The molecule has 0 aliphatic carbocycles. The van der Waals surface area contributed by atoms with E-state index < -0.39 is 0 Å². The quantitative estimate of drug-likeness (QED) is 0.450. The average Bonchev–Trinajstić information content (AvgIpc) is 2.66. The molecule has 0 spiro atoms. The third kappa shape index (κ3) is 6.20. The third-order valence-corrected chi connectivity index (χ3v) is 2.46. The van der Waals surface area contributed by atoms with Gasteiger partial charge < -0.3 is 17.0 Å². The Labute approximate surface area is 107 Å². The number of rotatable bonds is 8. The zero-order chi connectivity index (χ0) is 10.9. The minimum absolute atomic E-state index is 0. The van der Waals surface area contributed by atoms with Crippen molar-refractivity contribution >= 4 is 0 Å². The van der Waals surface area contributed by atoms with Gasteiger partial charge in [0.1, 0.15) is 13.2 Å². The smallest absolute Gasteiger partial charge is 0.265 e. The summed E-state index contributed by atoms with van der Waals surface area (Å²) in [6, 6.07) is 0. The van der Waals surface area contributed by atoms with E-state index in [1.165, 1.54) is 25.7 Å². The van der Waals surface area contributed by atoms with Gasteiger partial charge in [0.2, 0.25) is 6.33 Å².